The lowest BCUT2D eigenvalue weighted by molar-refractivity contribution is -0.196. The molecule has 1 atom stereocenters. The van der Waals surface area contributed by atoms with E-state index in [2.05, 4.69) is 4.98 Å². The van der Waals surface area contributed by atoms with Crippen molar-refractivity contribution in [3.8, 4) is 0 Å². The highest BCUT2D eigenvalue weighted by Gasteiger charge is 2.55. The maximum atomic E-state index is 13.6. The number of ether oxygens (including phenoxy) is 1. The lowest BCUT2D eigenvalue weighted by Crippen LogP contribution is -2.55. The van der Waals surface area contributed by atoms with E-state index in [1.807, 2.05) is 18.2 Å². The minimum absolute atomic E-state index is 0.278. The van der Waals surface area contributed by atoms with E-state index in [0.29, 0.717) is 24.2 Å². The number of carbonyl (C=O) groups is 2. The number of hydrogen-bond acceptors (Lipinski definition) is 5. The Kier molecular flexibility index (Phi) is 4.56. The molecule has 2 heterocycles. The molecular weight excluding hydrogens is 366 g/mol. The number of nitrogens with zero attached hydrogens (tertiary/aromatic N) is 1. The molecule has 29 heavy (non-hydrogen) atoms. The molecule has 152 valence electrons. The molecule has 4 aliphatic carbocycles. The van der Waals surface area contributed by atoms with Gasteiger partial charge in [-0.2, -0.15) is 0 Å². The van der Waals surface area contributed by atoms with Gasteiger partial charge in [-0.1, -0.05) is 0 Å². The second-order valence-electron chi connectivity index (χ2n) is 9.60. The lowest BCUT2D eigenvalue weighted by Gasteiger charge is -2.56. The van der Waals surface area contributed by atoms with Crippen molar-refractivity contribution in [3.05, 3.63) is 54.2 Å². The van der Waals surface area contributed by atoms with Gasteiger partial charge in [0, 0.05) is 12.4 Å². The predicted molar refractivity (Wildman–Crippen MR) is 106 cm³/mol. The zero-order valence-electron chi connectivity index (χ0n) is 16.6. The van der Waals surface area contributed by atoms with Crippen molar-refractivity contribution >= 4 is 12.3 Å². The average Bonchev–Trinajstić information content (AvgIpc) is 3.19. The van der Waals surface area contributed by atoms with Crippen LogP contribution in [-0.2, 0) is 27.2 Å². The van der Waals surface area contributed by atoms with Gasteiger partial charge in [0.05, 0.1) is 12.5 Å². The van der Waals surface area contributed by atoms with Crippen molar-refractivity contribution in [1.29, 1.82) is 0 Å². The summed E-state index contributed by atoms with van der Waals surface area (Å²) in [4.78, 5) is 30.1. The minimum atomic E-state index is -1.26. The summed E-state index contributed by atoms with van der Waals surface area (Å²) in [6, 6.07) is 5.51. The first-order valence-electron chi connectivity index (χ1n) is 10.7. The highest BCUT2D eigenvalue weighted by Crippen LogP contribution is 2.57. The molecule has 0 spiro atoms. The van der Waals surface area contributed by atoms with Crippen LogP contribution in [0, 0.1) is 23.2 Å². The smallest absolute Gasteiger partial charge is 0.320 e. The summed E-state index contributed by atoms with van der Waals surface area (Å²) in [6.45, 7) is 0. The molecule has 0 N–H and O–H groups in total. The molecule has 2 aromatic rings. The molecule has 4 fully saturated rings. The molecule has 2 aromatic heterocycles. The Morgan fingerprint density at radius 2 is 1.69 bits per heavy atom. The molecule has 5 heteroatoms. The molecule has 0 amide bonds. The maximum absolute atomic E-state index is 13.6. The standard InChI is InChI=1S/C24H27NO4/c26-16-23(11-18-3-6-28-15-18,10-17-1-4-25-5-2-17)22(27)29-24-12-19-7-20(13-24)9-21(8-19)14-24/h1-6,15-16,19-21H,7-14H2. The number of rotatable bonds is 7. The second-order valence-corrected chi connectivity index (χ2v) is 9.60. The summed E-state index contributed by atoms with van der Waals surface area (Å²) in [5.41, 5.74) is 0.107. The first-order valence-corrected chi connectivity index (χ1v) is 10.7. The van der Waals surface area contributed by atoms with Crippen LogP contribution in [-0.4, -0.2) is 22.8 Å². The third-order valence-corrected chi connectivity index (χ3v) is 7.29. The van der Waals surface area contributed by atoms with Crippen LogP contribution in [0.5, 0.6) is 0 Å². The van der Waals surface area contributed by atoms with Crippen molar-refractivity contribution < 1.29 is 18.7 Å². The van der Waals surface area contributed by atoms with Crippen LogP contribution in [0.25, 0.3) is 0 Å². The summed E-state index contributed by atoms with van der Waals surface area (Å²) < 4.78 is 11.5. The van der Waals surface area contributed by atoms with E-state index in [1.165, 1.54) is 19.3 Å². The average molecular weight is 393 g/mol. The van der Waals surface area contributed by atoms with Gasteiger partial charge in [0.15, 0.2) is 0 Å². The van der Waals surface area contributed by atoms with Gasteiger partial charge in [0.1, 0.15) is 17.3 Å². The fourth-order valence-electron chi connectivity index (χ4n) is 6.42. The maximum Gasteiger partial charge on any atom is 0.320 e. The Bertz CT molecular complexity index is 840. The highest BCUT2D eigenvalue weighted by molar-refractivity contribution is 5.94. The Balaban J connectivity index is 1.43. The fourth-order valence-corrected chi connectivity index (χ4v) is 6.42. The topological polar surface area (TPSA) is 69.4 Å². The molecule has 4 bridgehead atoms. The van der Waals surface area contributed by atoms with Crippen molar-refractivity contribution in [2.45, 2.75) is 57.0 Å². The van der Waals surface area contributed by atoms with E-state index in [4.69, 9.17) is 9.15 Å². The van der Waals surface area contributed by atoms with Crippen molar-refractivity contribution in [3.63, 3.8) is 0 Å². The summed E-state index contributed by atoms with van der Waals surface area (Å²) in [5.74, 6) is 1.64. The number of hydrogen-bond donors (Lipinski definition) is 0. The van der Waals surface area contributed by atoms with E-state index >= 15 is 0 Å². The molecule has 6 rings (SSSR count). The van der Waals surface area contributed by atoms with Crippen LogP contribution in [0.2, 0.25) is 0 Å². The predicted octanol–water partition coefficient (Wildman–Crippen LogP) is 4.16. The van der Waals surface area contributed by atoms with Crippen LogP contribution in [0.1, 0.15) is 49.7 Å². The van der Waals surface area contributed by atoms with Crippen molar-refractivity contribution in [2.75, 3.05) is 0 Å². The molecule has 0 aromatic carbocycles. The minimum Gasteiger partial charge on any atom is -0.472 e. The third-order valence-electron chi connectivity index (χ3n) is 7.29. The van der Waals surface area contributed by atoms with E-state index in [1.54, 1.807) is 24.9 Å². The van der Waals surface area contributed by atoms with Gasteiger partial charge >= 0.3 is 5.97 Å². The normalized spacial score (nSPS) is 31.9. The number of aromatic nitrogens is 1. The molecule has 0 radical (unpaired) electrons. The Hall–Kier alpha value is -2.43. The number of aldehydes is 1. The van der Waals surface area contributed by atoms with Crippen LogP contribution < -0.4 is 0 Å². The number of furan rings is 1. The summed E-state index contributed by atoms with van der Waals surface area (Å²) >= 11 is 0. The van der Waals surface area contributed by atoms with Crippen LogP contribution >= 0.6 is 0 Å². The van der Waals surface area contributed by atoms with Crippen LogP contribution in [0.4, 0.5) is 0 Å². The SMILES string of the molecule is O=CC(Cc1ccncc1)(Cc1ccoc1)C(=O)OC12CC3CC(CC(C3)C1)C2. The van der Waals surface area contributed by atoms with E-state index < -0.39 is 5.41 Å². The van der Waals surface area contributed by atoms with Crippen LogP contribution in [0.3, 0.4) is 0 Å². The fraction of sp³-hybridized carbons (Fsp3) is 0.542. The van der Waals surface area contributed by atoms with E-state index in [0.717, 1.165) is 36.7 Å². The Morgan fingerprint density at radius 3 is 2.24 bits per heavy atom. The van der Waals surface area contributed by atoms with Gasteiger partial charge in [-0.15, -0.1) is 0 Å². The van der Waals surface area contributed by atoms with Crippen molar-refractivity contribution in [2.24, 2.45) is 23.2 Å². The number of carbonyl (C=O) groups excluding carboxylic acids is 2. The molecular formula is C24H27NO4. The quantitative estimate of drug-likeness (QED) is 0.401. The van der Waals surface area contributed by atoms with Gasteiger partial charge in [-0.05, 0) is 98.4 Å². The van der Waals surface area contributed by atoms with Gasteiger partial charge in [-0.3, -0.25) is 9.78 Å². The van der Waals surface area contributed by atoms with Gasteiger partial charge < -0.3 is 13.9 Å². The van der Waals surface area contributed by atoms with Gasteiger partial charge in [-0.25, -0.2) is 0 Å². The van der Waals surface area contributed by atoms with Gasteiger partial charge in [0.25, 0.3) is 0 Å². The van der Waals surface area contributed by atoms with Crippen LogP contribution in [0.15, 0.2) is 47.5 Å². The number of pyridine rings is 1. The third kappa shape index (κ3) is 3.52. The zero-order chi connectivity index (χ0) is 19.9. The molecule has 4 saturated carbocycles. The molecule has 4 aliphatic rings. The van der Waals surface area contributed by atoms with E-state index in [-0.39, 0.29) is 18.0 Å². The first-order chi connectivity index (χ1) is 14.1. The monoisotopic (exact) mass is 393 g/mol. The summed E-state index contributed by atoms with van der Waals surface area (Å²) in [7, 11) is 0. The molecule has 5 nitrogen and oxygen atoms in total. The number of esters is 1. The Labute approximate surface area is 170 Å². The van der Waals surface area contributed by atoms with E-state index in [9.17, 15) is 9.59 Å². The first kappa shape index (κ1) is 18.6. The summed E-state index contributed by atoms with van der Waals surface area (Å²) in [5, 5.41) is 0. The zero-order valence-corrected chi connectivity index (χ0v) is 16.6. The lowest BCUT2D eigenvalue weighted by atomic mass is 9.54. The van der Waals surface area contributed by atoms with Gasteiger partial charge in [0.2, 0.25) is 0 Å². The Morgan fingerprint density at radius 1 is 1.07 bits per heavy atom. The highest BCUT2D eigenvalue weighted by atomic mass is 16.6. The molecule has 0 aliphatic heterocycles. The van der Waals surface area contributed by atoms with Crippen molar-refractivity contribution in [1.82, 2.24) is 4.98 Å². The largest absolute Gasteiger partial charge is 0.472 e. The second kappa shape index (κ2) is 7.12. The molecule has 0 saturated heterocycles. The summed E-state index contributed by atoms with van der Waals surface area (Å²) in [6.07, 6.45) is 14.6. The molecule has 1 unspecified atom stereocenters.